The highest BCUT2D eigenvalue weighted by molar-refractivity contribution is 5.80. The molecule has 0 radical (unpaired) electrons. The van der Waals surface area contributed by atoms with Crippen molar-refractivity contribution in [1.82, 2.24) is 0 Å². The van der Waals surface area contributed by atoms with Crippen molar-refractivity contribution in [1.29, 1.82) is 0 Å². The Kier molecular flexibility index (Phi) is 5.17. The van der Waals surface area contributed by atoms with E-state index in [-0.39, 0.29) is 12.7 Å². The average Bonchev–Trinajstić information content (AvgIpc) is 2.42. The molecule has 4 heteroatoms. The third-order valence-corrected chi connectivity index (χ3v) is 2.24. The molecule has 0 N–H and O–H groups in total. The fourth-order valence-electron chi connectivity index (χ4n) is 1.37. The van der Waals surface area contributed by atoms with Crippen molar-refractivity contribution in [2.24, 2.45) is 0 Å². The number of esters is 2. The van der Waals surface area contributed by atoms with E-state index in [9.17, 15) is 9.59 Å². The third kappa shape index (κ3) is 5.38. The quantitative estimate of drug-likeness (QED) is 0.605. The summed E-state index contributed by atoms with van der Waals surface area (Å²) in [7, 11) is 0. The van der Waals surface area contributed by atoms with Gasteiger partial charge in [0.1, 0.15) is 6.61 Å². The maximum atomic E-state index is 12.0. The topological polar surface area (TPSA) is 52.6 Å². The Labute approximate surface area is 114 Å². The molecule has 102 valence electrons. The summed E-state index contributed by atoms with van der Waals surface area (Å²) in [6, 6.07) is 8.86. The Morgan fingerprint density at radius 1 is 1.26 bits per heavy atom. The maximum absolute atomic E-state index is 12.0. The summed E-state index contributed by atoms with van der Waals surface area (Å²) in [6.45, 7) is 4.62. The number of benzene rings is 1. The number of carbonyl (C=O) groups excluding carboxylic acids is 2. The van der Waals surface area contributed by atoms with Gasteiger partial charge in [0.15, 0.2) is 0 Å². The highest BCUT2D eigenvalue weighted by Gasteiger charge is 2.24. The molecule has 0 saturated heterocycles. The van der Waals surface area contributed by atoms with Crippen molar-refractivity contribution in [2.45, 2.75) is 26.9 Å². The Bertz CT molecular complexity index is 504. The molecule has 4 nitrogen and oxygen atoms in total. The van der Waals surface area contributed by atoms with E-state index in [2.05, 4.69) is 0 Å². The summed E-state index contributed by atoms with van der Waals surface area (Å²) in [5.74, 6) is -1.25. The van der Waals surface area contributed by atoms with Gasteiger partial charge in [0.05, 0.1) is 1.37 Å². The van der Waals surface area contributed by atoms with E-state index in [1.54, 1.807) is 44.2 Å². The Balaban J connectivity index is 2.81. The summed E-state index contributed by atoms with van der Waals surface area (Å²) in [6.07, 6.45) is -1.10. The molecule has 0 bridgehead atoms. The first kappa shape index (κ1) is 13.3. The van der Waals surface area contributed by atoms with Gasteiger partial charge in [-0.3, -0.25) is 4.79 Å². The maximum Gasteiger partial charge on any atom is 0.352 e. The van der Waals surface area contributed by atoms with Gasteiger partial charge in [0.2, 0.25) is 6.10 Å². The van der Waals surface area contributed by atoms with Gasteiger partial charge in [-0.05, 0) is 19.9 Å². The van der Waals surface area contributed by atoms with Crippen LogP contribution in [0.15, 0.2) is 42.0 Å². The third-order valence-electron chi connectivity index (χ3n) is 2.24. The molecule has 0 saturated carbocycles. The number of hydrogen-bond donors (Lipinski definition) is 0. The minimum absolute atomic E-state index is 0.133. The molecular formula is C15H18O4. The second-order valence-corrected chi connectivity index (χ2v) is 4.18. The van der Waals surface area contributed by atoms with Crippen LogP contribution >= 0.6 is 0 Å². The van der Waals surface area contributed by atoms with E-state index < -0.39 is 18.0 Å². The van der Waals surface area contributed by atoms with Gasteiger partial charge >= 0.3 is 11.9 Å². The lowest BCUT2D eigenvalue weighted by molar-refractivity contribution is -0.166. The first-order valence-corrected chi connectivity index (χ1v) is 5.93. The largest absolute Gasteiger partial charge is 0.458 e. The van der Waals surface area contributed by atoms with E-state index in [1.165, 1.54) is 6.92 Å². The van der Waals surface area contributed by atoms with Gasteiger partial charge in [-0.15, -0.1) is 0 Å². The molecule has 0 fully saturated rings. The van der Waals surface area contributed by atoms with Crippen LogP contribution in [-0.4, -0.2) is 18.5 Å². The number of hydrogen-bond acceptors (Lipinski definition) is 4. The predicted octanol–water partition coefficient (Wildman–Crippen LogP) is 2.80. The van der Waals surface area contributed by atoms with E-state index in [0.717, 1.165) is 5.57 Å². The van der Waals surface area contributed by atoms with Crippen molar-refractivity contribution in [3.63, 3.8) is 0 Å². The lowest BCUT2D eigenvalue weighted by Crippen LogP contribution is -2.21. The molecule has 0 amide bonds. The van der Waals surface area contributed by atoms with Crippen molar-refractivity contribution < 1.29 is 20.4 Å². The first-order valence-electron chi connectivity index (χ1n) is 6.43. The molecule has 1 aromatic rings. The van der Waals surface area contributed by atoms with Crippen LogP contribution in [0.4, 0.5) is 0 Å². The van der Waals surface area contributed by atoms with Gasteiger partial charge in [0, 0.05) is 12.5 Å². The smallest absolute Gasteiger partial charge is 0.352 e. The number of rotatable bonds is 5. The molecule has 0 aliphatic heterocycles. The van der Waals surface area contributed by atoms with Gasteiger partial charge in [-0.1, -0.05) is 35.9 Å². The van der Waals surface area contributed by atoms with Crippen LogP contribution in [0.5, 0.6) is 0 Å². The fraction of sp³-hybridized carbons (Fsp3) is 0.333. The minimum Gasteiger partial charge on any atom is -0.458 e. The van der Waals surface area contributed by atoms with Crippen molar-refractivity contribution in [3.05, 3.63) is 47.5 Å². The predicted molar refractivity (Wildman–Crippen MR) is 71.3 cm³/mol. The summed E-state index contributed by atoms with van der Waals surface area (Å²) in [5, 5.41) is 0. The summed E-state index contributed by atoms with van der Waals surface area (Å²) >= 11 is 0. The normalized spacial score (nSPS) is 12.1. The van der Waals surface area contributed by atoms with E-state index in [1.807, 2.05) is 0 Å². The highest BCUT2D eigenvalue weighted by atomic mass is 16.6. The average molecular weight is 263 g/mol. The number of carbonyl (C=O) groups is 2. The number of allylic oxidation sites excluding steroid dienone is 1. The Morgan fingerprint density at radius 3 is 2.42 bits per heavy atom. The second kappa shape index (κ2) is 7.36. The highest BCUT2D eigenvalue weighted by Crippen LogP contribution is 2.19. The Hall–Kier alpha value is -2.10. The molecular weight excluding hydrogens is 244 g/mol. The van der Waals surface area contributed by atoms with Crippen LogP contribution < -0.4 is 0 Å². The lowest BCUT2D eigenvalue weighted by Gasteiger charge is -2.15. The molecule has 0 unspecified atom stereocenters. The van der Waals surface area contributed by atoms with E-state index >= 15 is 0 Å². The fourth-order valence-corrected chi connectivity index (χ4v) is 1.37. The molecule has 0 aliphatic carbocycles. The van der Waals surface area contributed by atoms with Crippen molar-refractivity contribution in [2.75, 3.05) is 6.61 Å². The van der Waals surface area contributed by atoms with E-state index in [4.69, 9.17) is 10.8 Å². The second-order valence-electron chi connectivity index (χ2n) is 4.18. The molecule has 0 aliphatic rings. The monoisotopic (exact) mass is 263 g/mol. The molecule has 0 spiro atoms. The van der Waals surface area contributed by atoms with Crippen LogP contribution in [0.25, 0.3) is 0 Å². The van der Waals surface area contributed by atoms with Crippen LogP contribution in [0.1, 0.15) is 33.8 Å². The van der Waals surface area contributed by atoms with Crippen LogP contribution in [0.2, 0.25) is 0 Å². The molecule has 1 atom stereocenters. The van der Waals surface area contributed by atoms with Gasteiger partial charge < -0.3 is 9.47 Å². The van der Waals surface area contributed by atoms with Crippen LogP contribution in [0, 0.1) is 0 Å². The molecule has 0 heterocycles. The van der Waals surface area contributed by atoms with Crippen molar-refractivity contribution >= 4 is 11.9 Å². The van der Waals surface area contributed by atoms with Crippen LogP contribution in [0.3, 0.4) is 0 Å². The molecule has 19 heavy (non-hydrogen) atoms. The van der Waals surface area contributed by atoms with Gasteiger partial charge in [-0.25, -0.2) is 4.79 Å². The van der Waals surface area contributed by atoms with Crippen molar-refractivity contribution in [3.8, 4) is 0 Å². The lowest BCUT2D eigenvalue weighted by atomic mass is 10.1. The molecule has 0 aromatic heterocycles. The zero-order valence-corrected chi connectivity index (χ0v) is 11.3. The Morgan fingerprint density at radius 2 is 1.89 bits per heavy atom. The summed E-state index contributed by atoms with van der Waals surface area (Å²) in [5.41, 5.74) is 1.30. The summed E-state index contributed by atoms with van der Waals surface area (Å²) in [4.78, 5) is 23.1. The van der Waals surface area contributed by atoms with Gasteiger partial charge in [0.25, 0.3) is 0 Å². The first-order chi connectivity index (χ1) is 9.41. The minimum atomic E-state index is -1.10. The standard InChI is InChI=1S/C15H18O4/c1-11(2)9-10-18-15(17)14(19-12(3)16)13-7-5-4-6-8-13/h4-9,14H,10H2,1-3H3/t14-/m1/s1/i9D. The number of ether oxygens (including phenoxy) is 2. The zero-order chi connectivity index (χ0) is 15.1. The van der Waals surface area contributed by atoms with Gasteiger partial charge in [-0.2, -0.15) is 0 Å². The zero-order valence-electron chi connectivity index (χ0n) is 12.3. The van der Waals surface area contributed by atoms with E-state index in [0.29, 0.717) is 5.56 Å². The van der Waals surface area contributed by atoms with Crippen LogP contribution in [-0.2, 0) is 19.1 Å². The SMILES string of the molecule is [2H]C(COC(=O)[C@H](OC(C)=O)c1ccccc1)=C(C)C. The molecule has 1 aromatic carbocycles. The molecule has 1 rings (SSSR count). The summed E-state index contributed by atoms with van der Waals surface area (Å²) < 4.78 is 17.6.